The molecule has 1 atom stereocenters. The van der Waals surface area contributed by atoms with Crippen LogP contribution in [0, 0.1) is 0 Å². The molecule has 7 heteroatoms. The Bertz CT molecular complexity index is 363. The summed E-state index contributed by atoms with van der Waals surface area (Å²) in [5, 5.41) is 10.9. The number of hydrogen-bond donors (Lipinski definition) is 2. The lowest BCUT2D eigenvalue weighted by Crippen LogP contribution is -2.50. The molecular weight excluding hydrogens is 254 g/mol. The Labute approximate surface area is 112 Å². The summed E-state index contributed by atoms with van der Waals surface area (Å²) in [6, 6.07) is -1.80. The number of carboxylic acid groups (broad SMARTS) is 1. The van der Waals surface area contributed by atoms with Crippen molar-refractivity contribution in [2.24, 2.45) is 0 Å². The number of carboxylic acids is 1. The van der Waals surface area contributed by atoms with E-state index in [1.165, 1.54) is 0 Å². The molecule has 0 bridgehead atoms. The van der Waals surface area contributed by atoms with Crippen molar-refractivity contribution in [3.05, 3.63) is 0 Å². The van der Waals surface area contributed by atoms with E-state index in [0.29, 0.717) is 0 Å². The van der Waals surface area contributed by atoms with E-state index in [1.54, 1.807) is 41.5 Å². The van der Waals surface area contributed by atoms with Gasteiger partial charge in [-0.15, -0.1) is 0 Å². The second kappa shape index (κ2) is 5.90. The Balaban J connectivity index is 4.72. The van der Waals surface area contributed by atoms with Crippen LogP contribution in [0.5, 0.6) is 0 Å². The van der Waals surface area contributed by atoms with Crippen molar-refractivity contribution in [1.29, 1.82) is 0 Å². The second-order valence-corrected chi connectivity index (χ2v) is 5.95. The van der Waals surface area contributed by atoms with Crippen LogP contribution in [0.15, 0.2) is 0 Å². The Kier molecular flexibility index (Phi) is 5.34. The topological polar surface area (TPSA) is 102 Å². The van der Waals surface area contributed by atoms with Crippen LogP contribution in [0.2, 0.25) is 0 Å². The summed E-state index contributed by atoms with van der Waals surface area (Å²) < 4.78 is 9.78. The van der Waals surface area contributed by atoms with E-state index in [4.69, 9.17) is 14.6 Å². The van der Waals surface area contributed by atoms with E-state index in [0.717, 1.165) is 0 Å². The largest absolute Gasteiger partial charge is 0.479 e. The normalized spacial score (nSPS) is 13.4. The minimum Gasteiger partial charge on any atom is -0.479 e. The highest BCUT2D eigenvalue weighted by atomic mass is 16.6. The van der Waals surface area contributed by atoms with Gasteiger partial charge in [0.2, 0.25) is 6.04 Å². The fourth-order valence-electron chi connectivity index (χ4n) is 1.01. The first-order valence-electron chi connectivity index (χ1n) is 5.77. The zero-order valence-electron chi connectivity index (χ0n) is 12.1. The number of carbonyl (C=O) groups is 3. The fraction of sp³-hybridized carbons (Fsp3) is 0.750. The number of alkyl carbamates (subject to hydrolysis) is 1. The van der Waals surface area contributed by atoms with Crippen LogP contribution in [0.1, 0.15) is 41.5 Å². The molecule has 0 spiro atoms. The van der Waals surface area contributed by atoms with E-state index < -0.39 is 35.3 Å². The van der Waals surface area contributed by atoms with Crippen LogP contribution in [0.25, 0.3) is 0 Å². The summed E-state index contributed by atoms with van der Waals surface area (Å²) in [4.78, 5) is 34.0. The van der Waals surface area contributed by atoms with E-state index in [-0.39, 0.29) is 0 Å². The first-order valence-corrected chi connectivity index (χ1v) is 5.77. The molecule has 0 aromatic rings. The van der Waals surface area contributed by atoms with E-state index in [1.807, 2.05) is 5.32 Å². The van der Waals surface area contributed by atoms with Gasteiger partial charge in [0.1, 0.15) is 11.2 Å². The third-order valence-electron chi connectivity index (χ3n) is 1.55. The number of esters is 1. The first-order chi connectivity index (χ1) is 8.32. The molecule has 0 radical (unpaired) electrons. The average Bonchev–Trinajstić information content (AvgIpc) is 2.07. The van der Waals surface area contributed by atoms with Crippen molar-refractivity contribution in [1.82, 2.24) is 5.32 Å². The molecule has 0 fully saturated rings. The van der Waals surface area contributed by atoms with Crippen LogP contribution in [-0.4, -0.2) is 40.4 Å². The Morgan fingerprint density at radius 3 is 1.68 bits per heavy atom. The van der Waals surface area contributed by atoms with Gasteiger partial charge >= 0.3 is 18.0 Å². The molecule has 110 valence electrons. The molecule has 0 aromatic heterocycles. The first kappa shape index (κ1) is 17.2. The zero-order chi connectivity index (χ0) is 15.4. The lowest BCUT2D eigenvalue weighted by Gasteiger charge is -2.24. The summed E-state index contributed by atoms with van der Waals surface area (Å²) in [6.45, 7) is 9.65. The van der Waals surface area contributed by atoms with Crippen molar-refractivity contribution in [2.45, 2.75) is 58.8 Å². The molecule has 1 amide bonds. The van der Waals surface area contributed by atoms with Gasteiger partial charge in [-0.25, -0.2) is 14.4 Å². The molecule has 0 saturated heterocycles. The van der Waals surface area contributed by atoms with Crippen molar-refractivity contribution in [3.63, 3.8) is 0 Å². The van der Waals surface area contributed by atoms with Gasteiger partial charge in [-0.2, -0.15) is 0 Å². The third-order valence-corrected chi connectivity index (χ3v) is 1.55. The van der Waals surface area contributed by atoms with Crippen LogP contribution < -0.4 is 5.32 Å². The minimum absolute atomic E-state index is 0.791. The Morgan fingerprint density at radius 2 is 1.37 bits per heavy atom. The summed E-state index contributed by atoms with van der Waals surface area (Å²) in [5.41, 5.74) is -1.64. The van der Waals surface area contributed by atoms with Gasteiger partial charge in [-0.3, -0.25) is 5.32 Å². The van der Waals surface area contributed by atoms with Crippen LogP contribution in [0.3, 0.4) is 0 Å². The van der Waals surface area contributed by atoms with Gasteiger partial charge in [-0.1, -0.05) is 0 Å². The number of ether oxygens (including phenoxy) is 2. The van der Waals surface area contributed by atoms with Gasteiger partial charge in [0.15, 0.2) is 0 Å². The maximum atomic E-state index is 11.6. The van der Waals surface area contributed by atoms with Gasteiger partial charge in [-0.05, 0) is 41.5 Å². The van der Waals surface area contributed by atoms with E-state index in [9.17, 15) is 14.4 Å². The van der Waals surface area contributed by atoms with E-state index in [2.05, 4.69) is 0 Å². The standard InChI is InChI=1S/C12H21NO6/c1-11(2,3)18-9(16)7(8(14)15)13-10(17)19-12(4,5)6/h7H,1-6H3,(H,13,17)(H,14,15)/t7-/m1/s1. The summed E-state index contributed by atoms with van der Waals surface area (Å²) in [6.07, 6.45) is -0.995. The van der Waals surface area contributed by atoms with Crippen molar-refractivity contribution >= 4 is 18.0 Å². The minimum atomic E-state index is -1.80. The summed E-state index contributed by atoms with van der Waals surface area (Å²) in [7, 11) is 0. The number of aliphatic carboxylic acids is 1. The van der Waals surface area contributed by atoms with Gasteiger partial charge in [0, 0.05) is 0 Å². The maximum Gasteiger partial charge on any atom is 0.408 e. The fourth-order valence-corrected chi connectivity index (χ4v) is 1.01. The quantitative estimate of drug-likeness (QED) is 0.594. The predicted octanol–water partition coefficient (Wildman–Crippen LogP) is 1.31. The van der Waals surface area contributed by atoms with E-state index >= 15 is 0 Å². The van der Waals surface area contributed by atoms with Crippen LogP contribution in [0.4, 0.5) is 4.79 Å². The monoisotopic (exact) mass is 275 g/mol. The van der Waals surface area contributed by atoms with Gasteiger partial charge in [0.25, 0.3) is 0 Å². The highest BCUT2D eigenvalue weighted by molar-refractivity contribution is 6.01. The number of rotatable bonds is 3. The number of hydrogen-bond acceptors (Lipinski definition) is 5. The molecule has 0 heterocycles. The highest BCUT2D eigenvalue weighted by Crippen LogP contribution is 2.10. The molecule has 7 nitrogen and oxygen atoms in total. The van der Waals surface area contributed by atoms with Crippen molar-refractivity contribution in [3.8, 4) is 0 Å². The number of amides is 1. The maximum absolute atomic E-state index is 11.6. The highest BCUT2D eigenvalue weighted by Gasteiger charge is 2.33. The van der Waals surface area contributed by atoms with Crippen LogP contribution in [-0.2, 0) is 19.1 Å². The molecule has 0 aromatic carbocycles. The van der Waals surface area contributed by atoms with Crippen LogP contribution >= 0.6 is 0 Å². The summed E-state index contributed by atoms with van der Waals surface area (Å²) >= 11 is 0. The zero-order valence-corrected chi connectivity index (χ0v) is 12.1. The van der Waals surface area contributed by atoms with Crippen molar-refractivity contribution in [2.75, 3.05) is 0 Å². The van der Waals surface area contributed by atoms with Gasteiger partial charge < -0.3 is 14.6 Å². The number of nitrogens with one attached hydrogen (secondary N) is 1. The molecule has 2 N–H and O–H groups in total. The SMILES string of the molecule is CC(C)(C)OC(=O)N[C@H](C(=O)O)C(=O)OC(C)(C)C. The Hall–Kier alpha value is -1.79. The lowest BCUT2D eigenvalue weighted by molar-refractivity contribution is -0.163. The van der Waals surface area contributed by atoms with Crippen molar-refractivity contribution < 1.29 is 29.0 Å². The molecule has 0 aliphatic carbocycles. The molecule has 0 aliphatic heterocycles. The third kappa shape index (κ3) is 8.01. The molecule has 19 heavy (non-hydrogen) atoms. The average molecular weight is 275 g/mol. The molecule has 0 unspecified atom stereocenters. The summed E-state index contributed by atoms with van der Waals surface area (Å²) in [5.74, 6) is -2.56. The molecular formula is C12H21NO6. The number of carbonyl (C=O) groups excluding carboxylic acids is 2. The molecule has 0 saturated carbocycles. The molecule has 0 rings (SSSR count). The molecule has 0 aliphatic rings. The predicted molar refractivity (Wildman–Crippen MR) is 66.6 cm³/mol. The smallest absolute Gasteiger partial charge is 0.408 e. The second-order valence-electron chi connectivity index (χ2n) is 5.95. The Morgan fingerprint density at radius 1 is 0.947 bits per heavy atom. The lowest BCUT2D eigenvalue weighted by atomic mass is 10.2. The van der Waals surface area contributed by atoms with Gasteiger partial charge in [0.05, 0.1) is 0 Å².